The van der Waals surface area contributed by atoms with Crippen molar-refractivity contribution in [2.75, 3.05) is 24.6 Å². The maximum absolute atomic E-state index is 11.0. The quantitative estimate of drug-likeness (QED) is 0.583. The molecule has 1 saturated heterocycles. The number of hydrogen-bond acceptors (Lipinski definition) is 6. The number of nitriles is 2. The number of rotatable bonds is 2. The maximum Gasteiger partial charge on any atom is 0.292 e. The van der Waals surface area contributed by atoms with Crippen molar-refractivity contribution in [1.82, 2.24) is 0 Å². The number of nitro groups is 1. The average Bonchev–Trinajstić information content (AvgIpc) is 2.46. The molecule has 19 heavy (non-hydrogen) atoms. The lowest BCUT2D eigenvalue weighted by molar-refractivity contribution is -0.384. The smallest absolute Gasteiger partial charge is 0.292 e. The molecule has 1 heterocycles. The SMILES string of the molecule is N#Cc1ccc([N+](=O)[O-])c(N2CCOC(C#N)C2)c1. The molecule has 7 heteroatoms. The summed E-state index contributed by atoms with van der Waals surface area (Å²) in [5.41, 5.74) is 0.630. The normalized spacial score (nSPS) is 18.4. The fourth-order valence-electron chi connectivity index (χ4n) is 1.95. The van der Waals surface area contributed by atoms with E-state index in [0.29, 0.717) is 24.4 Å². The van der Waals surface area contributed by atoms with Gasteiger partial charge in [-0.25, -0.2) is 0 Å². The number of nitrogens with zero attached hydrogens (tertiary/aromatic N) is 4. The minimum atomic E-state index is -0.612. The molecule has 0 bridgehead atoms. The van der Waals surface area contributed by atoms with Gasteiger partial charge in [-0.3, -0.25) is 10.1 Å². The van der Waals surface area contributed by atoms with E-state index < -0.39 is 11.0 Å². The summed E-state index contributed by atoms with van der Waals surface area (Å²) >= 11 is 0. The lowest BCUT2D eigenvalue weighted by atomic mass is 10.1. The van der Waals surface area contributed by atoms with E-state index in [9.17, 15) is 10.1 Å². The Hall–Kier alpha value is -2.64. The van der Waals surface area contributed by atoms with Crippen molar-refractivity contribution in [3.8, 4) is 12.1 Å². The van der Waals surface area contributed by atoms with E-state index in [1.807, 2.05) is 12.1 Å². The van der Waals surface area contributed by atoms with Gasteiger partial charge in [0.05, 0.1) is 35.8 Å². The van der Waals surface area contributed by atoms with Crippen molar-refractivity contribution in [2.24, 2.45) is 0 Å². The highest BCUT2D eigenvalue weighted by Gasteiger charge is 2.26. The molecule has 1 unspecified atom stereocenters. The molecule has 1 aromatic carbocycles. The van der Waals surface area contributed by atoms with Gasteiger partial charge in [0.25, 0.3) is 5.69 Å². The molecule has 0 aromatic heterocycles. The first-order chi connectivity index (χ1) is 9.15. The number of ether oxygens (including phenoxy) is 1. The van der Waals surface area contributed by atoms with E-state index >= 15 is 0 Å². The van der Waals surface area contributed by atoms with Crippen LogP contribution in [0.1, 0.15) is 5.56 Å². The van der Waals surface area contributed by atoms with Crippen LogP contribution in [0.15, 0.2) is 18.2 Å². The van der Waals surface area contributed by atoms with Crippen molar-refractivity contribution in [2.45, 2.75) is 6.10 Å². The summed E-state index contributed by atoms with van der Waals surface area (Å²) < 4.78 is 5.20. The van der Waals surface area contributed by atoms with Gasteiger partial charge in [-0.15, -0.1) is 0 Å². The maximum atomic E-state index is 11.0. The molecule has 96 valence electrons. The summed E-state index contributed by atoms with van der Waals surface area (Å²) in [5, 5.41) is 28.7. The molecule has 1 aliphatic heterocycles. The van der Waals surface area contributed by atoms with Crippen molar-refractivity contribution in [3.05, 3.63) is 33.9 Å². The van der Waals surface area contributed by atoms with E-state index in [1.54, 1.807) is 4.90 Å². The Bertz CT molecular complexity index is 588. The van der Waals surface area contributed by atoms with Gasteiger partial charge in [-0.05, 0) is 12.1 Å². The largest absolute Gasteiger partial charge is 0.360 e. The molecule has 2 rings (SSSR count). The Morgan fingerprint density at radius 2 is 2.26 bits per heavy atom. The van der Waals surface area contributed by atoms with Crippen molar-refractivity contribution < 1.29 is 9.66 Å². The molecule has 0 amide bonds. The van der Waals surface area contributed by atoms with Crippen LogP contribution >= 0.6 is 0 Å². The van der Waals surface area contributed by atoms with E-state index in [1.165, 1.54) is 18.2 Å². The highest BCUT2D eigenvalue weighted by molar-refractivity contribution is 5.66. The molecule has 0 aliphatic carbocycles. The third-order valence-corrected chi connectivity index (χ3v) is 2.85. The predicted octanol–water partition coefficient (Wildman–Crippen LogP) is 1.20. The third kappa shape index (κ3) is 2.62. The minimum absolute atomic E-state index is 0.0717. The van der Waals surface area contributed by atoms with E-state index in [2.05, 4.69) is 0 Å². The predicted molar refractivity (Wildman–Crippen MR) is 65.4 cm³/mol. The third-order valence-electron chi connectivity index (χ3n) is 2.85. The fraction of sp³-hybridized carbons (Fsp3) is 0.333. The average molecular weight is 258 g/mol. The van der Waals surface area contributed by atoms with Crippen molar-refractivity contribution in [3.63, 3.8) is 0 Å². The zero-order valence-electron chi connectivity index (χ0n) is 9.94. The van der Waals surface area contributed by atoms with E-state index in [-0.39, 0.29) is 12.2 Å². The topological polar surface area (TPSA) is 103 Å². The number of anilines is 1. The summed E-state index contributed by atoms with van der Waals surface area (Å²) in [7, 11) is 0. The van der Waals surface area contributed by atoms with Crippen LogP contribution in [0.2, 0.25) is 0 Å². The molecule has 0 spiro atoms. The Labute approximate surface area is 109 Å². The van der Waals surface area contributed by atoms with Crippen LogP contribution in [-0.4, -0.2) is 30.7 Å². The summed E-state index contributed by atoms with van der Waals surface area (Å²) in [6, 6.07) is 8.12. The summed E-state index contributed by atoms with van der Waals surface area (Å²) in [6.07, 6.45) is -0.612. The molecule has 0 N–H and O–H groups in total. The minimum Gasteiger partial charge on any atom is -0.360 e. The van der Waals surface area contributed by atoms with Gasteiger partial charge in [0.2, 0.25) is 0 Å². The molecule has 0 saturated carbocycles. The zero-order chi connectivity index (χ0) is 13.8. The number of morpholine rings is 1. The van der Waals surface area contributed by atoms with Gasteiger partial charge in [0.15, 0.2) is 6.10 Å². The van der Waals surface area contributed by atoms with Crippen LogP contribution in [-0.2, 0) is 4.74 Å². The first-order valence-electron chi connectivity index (χ1n) is 5.60. The lowest BCUT2D eigenvalue weighted by Gasteiger charge is -2.31. The van der Waals surface area contributed by atoms with E-state index in [0.717, 1.165) is 0 Å². The molecule has 1 aromatic rings. The first-order valence-corrected chi connectivity index (χ1v) is 5.60. The second-order valence-electron chi connectivity index (χ2n) is 4.01. The zero-order valence-corrected chi connectivity index (χ0v) is 9.94. The molecule has 7 nitrogen and oxygen atoms in total. The Balaban J connectivity index is 2.39. The van der Waals surface area contributed by atoms with Gasteiger partial charge in [0, 0.05) is 12.6 Å². The molecule has 1 aliphatic rings. The van der Waals surface area contributed by atoms with Crippen molar-refractivity contribution in [1.29, 1.82) is 10.5 Å². The summed E-state index contributed by atoms with van der Waals surface area (Å²) in [4.78, 5) is 12.2. The van der Waals surface area contributed by atoms with Gasteiger partial charge in [0.1, 0.15) is 5.69 Å². The first kappa shape index (κ1) is 12.8. The molecule has 1 atom stereocenters. The second kappa shape index (κ2) is 5.34. The number of nitro benzene ring substituents is 1. The van der Waals surface area contributed by atoms with Crippen LogP contribution < -0.4 is 4.90 Å². The monoisotopic (exact) mass is 258 g/mol. The lowest BCUT2D eigenvalue weighted by Crippen LogP contribution is -2.42. The van der Waals surface area contributed by atoms with Gasteiger partial charge < -0.3 is 9.64 Å². The standard InChI is InChI=1S/C12H10N4O3/c13-6-9-1-2-11(16(17)18)12(5-9)15-3-4-19-10(7-14)8-15/h1-2,5,10H,3-4,8H2. The van der Waals surface area contributed by atoms with Gasteiger partial charge >= 0.3 is 0 Å². The Morgan fingerprint density at radius 1 is 1.47 bits per heavy atom. The van der Waals surface area contributed by atoms with E-state index in [4.69, 9.17) is 15.3 Å². The summed E-state index contributed by atoms with van der Waals surface area (Å²) in [6.45, 7) is 1.03. The Kier molecular flexibility index (Phi) is 3.60. The number of benzene rings is 1. The number of hydrogen-bond donors (Lipinski definition) is 0. The highest BCUT2D eigenvalue weighted by atomic mass is 16.6. The second-order valence-corrected chi connectivity index (χ2v) is 4.01. The van der Waals surface area contributed by atoms with Crippen LogP contribution in [0.25, 0.3) is 0 Å². The van der Waals surface area contributed by atoms with Crippen LogP contribution in [0, 0.1) is 32.8 Å². The molecule has 0 radical (unpaired) electrons. The molecular weight excluding hydrogens is 248 g/mol. The van der Waals surface area contributed by atoms with Crippen LogP contribution in [0.4, 0.5) is 11.4 Å². The van der Waals surface area contributed by atoms with Crippen molar-refractivity contribution >= 4 is 11.4 Å². The van der Waals surface area contributed by atoms with Crippen LogP contribution in [0.3, 0.4) is 0 Å². The molecular formula is C12H10N4O3. The Morgan fingerprint density at radius 3 is 2.89 bits per heavy atom. The molecule has 1 fully saturated rings. The van der Waals surface area contributed by atoms with Gasteiger partial charge in [-0.2, -0.15) is 10.5 Å². The summed E-state index contributed by atoms with van der Waals surface area (Å²) in [5.74, 6) is 0. The van der Waals surface area contributed by atoms with Gasteiger partial charge in [-0.1, -0.05) is 0 Å². The van der Waals surface area contributed by atoms with Crippen LogP contribution in [0.5, 0.6) is 0 Å². The fourth-order valence-corrected chi connectivity index (χ4v) is 1.95. The highest BCUT2D eigenvalue weighted by Crippen LogP contribution is 2.30.